The van der Waals surface area contributed by atoms with Crippen LogP contribution in [0.5, 0.6) is 0 Å². The molecule has 0 bridgehead atoms. The number of rotatable bonds is 8. The molecular weight excluding hydrogens is 476 g/mol. The molecule has 188 valence electrons. The number of aryl methyl sites for hydroxylation is 1. The zero-order chi connectivity index (χ0) is 25.7. The number of hydrogen-bond acceptors (Lipinski definition) is 5. The van der Waals surface area contributed by atoms with Crippen LogP contribution in [-0.4, -0.2) is 33.4 Å². The van der Waals surface area contributed by atoms with Crippen LogP contribution >= 0.6 is 0 Å². The number of nitrogens with one attached hydrogen (secondary N) is 1. The molecule has 1 heterocycles. The largest absolute Gasteiger partial charge is 0.452 e. The predicted octanol–water partition coefficient (Wildman–Crippen LogP) is 5.14. The van der Waals surface area contributed by atoms with E-state index in [1.807, 2.05) is 42.5 Å². The third kappa shape index (κ3) is 5.44. The van der Waals surface area contributed by atoms with Gasteiger partial charge >= 0.3 is 5.97 Å². The number of ether oxygens (including phenoxy) is 1. The van der Waals surface area contributed by atoms with Crippen molar-refractivity contribution in [1.29, 1.82) is 0 Å². The Kier molecular flexibility index (Phi) is 7.74. The maximum absolute atomic E-state index is 13.4. The van der Waals surface area contributed by atoms with Crippen LogP contribution in [0.3, 0.4) is 0 Å². The van der Waals surface area contributed by atoms with Crippen LogP contribution in [0.15, 0.2) is 77.7 Å². The Morgan fingerprint density at radius 1 is 1.03 bits per heavy atom. The van der Waals surface area contributed by atoms with Gasteiger partial charge in [-0.15, -0.1) is 0 Å². The lowest BCUT2D eigenvalue weighted by molar-refractivity contribution is -0.119. The summed E-state index contributed by atoms with van der Waals surface area (Å²) in [5.74, 6) is -0.968. The summed E-state index contributed by atoms with van der Waals surface area (Å²) in [6, 6.07) is 20.7. The molecule has 4 rings (SSSR count). The van der Waals surface area contributed by atoms with Gasteiger partial charge in [0.2, 0.25) is 0 Å². The van der Waals surface area contributed by atoms with Gasteiger partial charge in [-0.1, -0.05) is 56.3 Å². The molecule has 0 radical (unpaired) electrons. The van der Waals surface area contributed by atoms with Crippen molar-refractivity contribution < 1.29 is 22.7 Å². The number of nitrogens with zero attached hydrogens (tertiary/aromatic N) is 1. The van der Waals surface area contributed by atoms with E-state index in [0.29, 0.717) is 24.3 Å². The molecule has 0 saturated heterocycles. The molecule has 3 aromatic rings. The number of benzene rings is 3. The monoisotopic (exact) mass is 506 g/mol. The van der Waals surface area contributed by atoms with Gasteiger partial charge in [0.25, 0.3) is 15.9 Å². The number of carbonyl (C=O) groups excluding carboxylic acids is 2. The van der Waals surface area contributed by atoms with Crippen LogP contribution < -0.4 is 9.62 Å². The van der Waals surface area contributed by atoms with Gasteiger partial charge in [0.1, 0.15) is 0 Å². The number of para-hydroxylation sites is 2. The SMILES string of the molecule is CCC(C)c1ccccc1NC(=O)COC(=O)c1cccc(S(=O)(=O)N2CCCc3ccccc32)c1. The van der Waals surface area contributed by atoms with E-state index < -0.39 is 28.5 Å². The van der Waals surface area contributed by atoms with Gasteiger partial charge in [0.05, 0.1) is 16.1 Å². The van der Waals surface area contributed by atoms with Crippen LogP contribution in [0.2, 0.25) is 0 Å². The zero-order valence-corrected chi connectivity index (χ0v) is 21.3. The van der Waals surface area contributed by atoms with E-state index in [1.165, 1.54) is 28.6 Å². The fourth-order valence-corrected chi connectivity index (χ4v) is 5.91. The molecule has 0 spiro atoms. The number of sulfonamides is 1. The second-order valence-electron chi connectivity index (χ2n) is 8.86. The molecule has 7 nitrogen and oxygen atoms in total. The lowest BCUT2D eigenvalue weighted by Gasteiger charge is -2.30. The molecular formula is C28H30N2O5S. The molecule has 1 atom stereocenters. The summed E-state index contributed by atoms with van der Waals surface area (Å²) in [6.45, 7) is 4.04. The highest BCUT2D eigenvalue weighted by molar-refractivity contribution is 7.92. The van der Waals surface area contributed by atoms with Gasteiger partial charge in [-0.3, -0.25) is 9.10 Å². The average Bonchev–Trinajstić information content (AvgIpc) is 2.91. The van der Waals surface area contributed by atoms with E-state index in [4.69, 9.17) is 4.74 Å². The molecule has 0 aromatic heterocycles. The first-order valence-corrected chi connectivity index (χ1v) is 13.5. The van der Waals surface area contributed by atoms with Gasteiger partial charge in [-0.25, -0.2) is 13.2 Å². The second-order valence-corrected chi connectivity index (χ2v) is 10.7. The summed E-state index contributed by atoms with van der Waals surface area (Å²) in [4.78, 5) is 25.1. The van der Waals surface area contributed by atoms with Crippen molar-refractivity contribution in [3.63, 3.8) is 0 Å². The molecule has 1 amide bonds. The Bertz CT molecular complexity index is 1370. The Morgan fingerprint density at radius 3 is 2.58 bits per heavy atom. The predicted molar refractivity (Wildman–Crippen MR) is 140 cm³/mol. The molecule has 1 aliphatic rings. The summed E-state index contributed by atoms with van der Waals surface area (Å²) in [7, 11) is -3.87. The van der Waals surface area contributed by atoms with Crippen molar-refractivity contribution in [3.05, 3.63) is 89.5 Å². The summed E-state index contributed by atoms with van der Waals surface area (Å²) in [5.41, 5.74) is 3.39. The summed E-state index contributed by atoms with van der Waals surface area (Å²) in [5, 5.41) is 2.80. The van der Waals surface area contributed by atoms with Crippen LogP contribution in [-0.2, 0) is 26.0 Å². The minimum atomic E-state index is -3.87. The maximum Gasteiger partial charge on any atom is 0.338 e. The van der Waals surface area contributed by atoms with Crippen molar-refractivity contribution in [2.45, 2.75) is 43.9 Å². The van der Waals surface area contributed by atoms with Crippen molar-refractivity contribution in [1.82, 2.24) is 0 Å². The lowest BCUT2D eigenvalue weighted by atomic mass is 9.97. The molecule has 0 fully saturated rings. The Balaban J connectivity index is 1.45. The highest BCUT2D eigenvalue weighted by Crippen LogP contribution is 2.32. The van der Waals surface area contributed by atoms with Gasteiger partial charge in [0, 0.05) is 12.2 Å². The summed E-state index contributed by atoms with van der Waals surface area (Å²) in [6.07, 6.45) is 2.45. The second kappa shape index (κ2) is 11.0. The third-order valence-electron chi connectivity index (χ3n) is 6.44. The van der Waals surface area contributed by atoms with E-state index >= 15 is 0 Å². The lowest BCUT2D eigenvalue weighted by Crippen LogP contribution is -2.35. The van der Waals surface area contributed by atoms with Gasteiger partial charge in [-0.2, -0.15) is 0 Å². The van der Waals surface area contributed by atoms with Crippen molar-refractivity contribution in [2.24, 2.45) is 0 Å². The zero-order valence-electron chi connectivity index (χ0n) is 20.4. The van der Waals surface area contributed by atoms with Crippen LogP contribution in [0.4, 0.5) is 11.4 Å². The van der Waals surface area contributed by atoms with Crippen molar-refractivity contribution >= 4 is 33.3 Å². The minimum Gasteiger partial charge on any atom is -0.452 e. The van der Waals surface area contributed by atoms with Crippen molar-refractivity contribution in [2.75, 3.05) is 22.8 Å². The van der Waals surface area contributed by atoms with Crippen molar-refractivity contribution in [3.8, 4) is 0 Å². The molecule has 1 unspecified atom stereocenters. The minimum absolute atomic E-state index is 0.000542. The number of anilines is 2. The summed E-state index contributed by atoms with van der Waals surface area (Å²) >= 11 is 0. The molecule has 0 saturated carbocycles. The fourth-order valence-electron chi connectivity index (χ4n) is 4.32. The Hall–Kier alpha value is -3.65. The van der Waals surface area contributed by atoms with Gasteiger partial charge in [-0.05, 0) is 66.6 Å². The Labute approximate surface area is 212 Å². The number of hydrogen-bond donors (Lipinski definition) is 1. The first-order chi connectivity index (χ1) is 17.3. The maximum atomic E-state index is 13.4. The topological polar surface area (TPSA) is 92.8 Å². The first kappa shape index (κ1) is 25.4. The molecule has 1 aliphatic heterocycles. The summed E-state index contributed by atoms with van der Waals surface area (Å²) < 4.78 is 33.4. The smallest absolute Gasteiger partial charge is 0.338 e. The van der Waals surface area contributed by atoms with E-state index in [2.05, 4.69) is 19.2 Å². The normalized spacial score (nSPS) is 14.0. The molecule has 3 aromatic carbocycles. The van der Waals surface area contributed by atoms with E-state index in [0.717, 1.165) is 24.0 Å². The first-order valence-electron chi connectivity index (χ1n) is 12.1. The molecule has 8 heteroatoms. The average molecular weight is 507 g/mol. The van der Waals surface area contributed by atoms with E-state index in [-0.39, 0.29) is 16.4 Å². The number of fused-ring (bicyclic) bond motifs is 1. The number of amides is 1. The van der Waals surface area contributed by atoms with E-state index in [9.17, 15) is 18.0 Å². The highest BCUT2D eigenvalue weighted by atomic mass is 32.2. The van der Waals surface area contributed by atoms with E-state index in [1.54, 1.807) is 6.07 Å². The Morgan fingerprint density at radius 2 is 1.78 bits per heavy atom. The highest BCUT2D eigenvalue weighted by Gasteiger charge is 2.29. The number of esters is 1. The van der Waals surface area contributed by atoms with Gasteiger partial charge in [0.15, 0.2) is 6.61 Å². The van der Waals surface area contributed by atoms with Crippen LogP contribution in [0.25, 0.3) is 0 Å². The molecule has 0 aliphatic carbocycles. The number of carbonyl (C=O) groups is 2. The third-order valence-corrected chi connectivity index (χ3v) is 8.25. The molecule has 36 heavy (non-hydrogen) atoms. The standard InChI is InChI=1S/C28H30N2O5S/c1-3-20(2)24-14-5-6-15-25(24)29-27(31)19-35-28(32)22-11-8-13-23(18-22)36(33,34)30-17-9-12-21-10-4-7-16-26(21)30/h4-8,10-11,13-16,18,20H,3,9,12,17,19H2,1-2H3,(H,29,31). The van der Waals surface area contributed by atoms with Gasteiger partial charge < -0.3 is 10.1 Å². The molecule has 1 N–H and O–H groups in total. The van der Waals surface area contributed by atoms with Crippen LogP contribution in [0.1, 0.15) is 54.1 Å². The van der Waals surface area contributed by atoms with Crippen LogP contribution in [0, 0.1) is 0 Å². The quantitative estimate of drug-likeness (QED) is 0.427. The fraction of sp³-hybridized carbons (Fsp3) is 0.286.